The van der Waals surface area contributed by atoms with E-state index in [-0.39, 0.29) is 12.0 Å². The van der Waals surface area contributed by atoms with Crippen LogP contribution in [0.25, 0.3) is 16.9 Å². The molecule has 1 fully saturated rings. The minimum atomic E-state index is -0.837. The van der Waals surface area contributed by atoms with E-state index < -0.39 is 12.2 Å². The molecular weight excluding hydrogens is 352 g/mol. The number of rotatable bonds is 3. The number of hydrogen-bond donors (Lipinski definition) is 3. The second-order valence-corrected chi connectivity index (χ2v) is 7.34. The van der Waals surface area contributed by atoms with E-state index in [1.165, 1.54) is 0 Å². The maximum Gasteiger partial charge on any atom is 0.159 e. The third kappa shape index (κ3) is 2.84. The highest BCUT2D eigenvalue weighted by molar-refractivity contribution is 6.30. The third-order valence-electron chi connectivity index (χ3n) is 5.14. The number of halogens is 1. The fourth-order valence-corrected chi connectivity index (χ4v) is 3.73. The van der Waals surface area contributed by atoms with Crippen LogP contribution in [0, 0.1) is 12.8 Å². The van der Waals surface area contributed by atoms with Gasteiger partial charge in [0.2, 0.25) is 0 Å². The fourth-order valence-electron chi connectivity index (χ4n) is 3.55. The molecule has 0 bridgehead atoms. The quantitative estimate of drug-likeness (QED) is 0.616. The summed E-state index contributed by atoms with van der Waals surface area (Å²) in [6.45, 7) is 3.79. The SMILES string of the molecule is Cc1c(Cl)nc2cc(-c3ccccc3)nn2c1N[C@@H]1C[C@@H](C)[C@@H](O)[C@H]1O. The van der Waals surface area contributed by atoms with Gasteiger partial charge in [0.15, 0.2) is 5.65 Å². The maximum absolute atomic E-state index is 10.3. The van der Waals surface area contributed by atoms with Gasteiger partial charge in [0.25, 0.3) is 0 Å². The number of anilines is 1. The molecule has 26 heavy (non-hydrogen) atoms. The van der Waals surface area contributed by atoms with E-state index >= 15 is 0 Å². The summed E-state index contributed by atoms with van der Waals surface area (Å²) < 4.78 is 1.71. The zero-order valence-corrected chi connectivity index (χ0v) is 15.4. The molecule has 1 saturated carbocycles. The average Bonchev–Trinajstić information content (AvgIpc) is 3.16. The zero-order valence-electron chi connectivity index (χ0n) is 14.6. The highest BCUT2D eigenvalue weighted by Crippen LogP contribution is 2.32. The number of fused-ring (bicyclic) bond motifs is 1. The standard InChI is InChI=1S/C19H21ClN4O2/c1-10-8-14(17(26)16(10)25)21-19-11(2)18(20)22-15-9-13(23-24(15)19)12-6-4-3-5-7-12/h3-7,9-10,14,16-17,21,25-26H,8H2,1-2H3/t10-,14-,16-,17+/m1/s1. The molecule has 6 nitrogen and oxygen atoms in total. The largest absolute Gasteiger partial charge is 0.390 e. The molecular formula is C19H21ClN4O2. The van der Waals surface area contributed by atoms with Gasteiger partial charge in [-0.05, 0) is 19.3 Å². The van der Waals surface area contributed by atoms with Gasteiger partial charge in [0, 0.05) is 17.2 Å². The molecule has 2 aromatic heterocycles. The summed E-state index contributed by atoms with van der Waals surface area (Å²) in [5, 5.41) is 28.8. The first-order valence-electron chi connectivity index (χ1n) is 8.69. The van der Waals surface area contributed by atoms with Crippen LogP contribution < -0.4 is 5.32 Å². The Morgan fingerprint density at radius 2 is 1.92 bits per heavy atom. The number of nitrogens with one attached hydrogen (secondary N) is 1. The number of nitrogens with zero attached hydrogens (tertiary/aromatic N) is 3. The lowest BCUT2D eigenvalue weighted by molar-refractivity contribution is 0.0210. The van der Waals surface area contributed by atoms with Crippen molar-refractivity contribution < 1.29 is 10.2 Å². The van der Waals surface area contributed by atoms with Crippen LogP contribution in [0.4, 0.5) is 5.82 Å². The topological polar surface area (TPSA) is 82.7 Å². The second-order valence-electron chi connectivity index (χ2n) is 6.99. The van der Waals surface area contributed by atoms with E-state index in [1.54, 1.807) is 4.52 Å². The molecule has 0 spiro atoms. The predicted molar refractivity (Wildman–Crippen MR) is 101 cm³/mol. The van der Waals surface area contributed by atoms with Crippen LogP contribution in [0.2, 0.25) is 5.15 Å². The zero-order chi connectivity index (χ0) is 18.4. The van der Waals surface area contributed by atoms with Crippen molar-refractivity contribution in [3.63, 3.8) is 0 Å². The van der Waals surface area contributed by atoms with Crippen LogP contribution in [0.1, 0.15) is 18.9 Å². The lowest BCUT2D eigenvalue weighted by atomic mass is 10.1. The van der Waals surface area contributed by atoms with Gasteiger partial charge in [0.1, 0.15) is 17.1 Å². The molecule has 4 atom stereocenters. The molecule has 1 aromatic carbocycles. The van der Waals surface area contributed by atoms with E-state index in [4.69, 9.17) is 11.6 Å². The second kappa shape index (κ2) is 6.54. The number of benzene rings is 1. The average molecular weight is 373 g/mol. The highest BCUT2D eigenvalue weighted by atomic mass is 35.5. The molecule has 1 aliphatic rings. The van der Waals surface area contributed by atoms with Crippen LogP contribution in [0.15, 0.2) is 36.4 Å². The fraction of sp³-hybridized carbons (Fsp3) is 0.368. The molecule has 0 amide bonds. The summed E-state index contributed by atoms with van der Waals surface area (Å²) >= 11 is 6.32. The van der Waals surface area contributed by atoms with Crippen molar-refractivity contribution in [2.45, 2.75) is 38.5 Å². The molecule has 136 valence electrons. The third-order valence-corrected chi connectivity index (χ3v) is 5.51. The van der Waals surface area contributed by atoms with Gasteiger partial charge in [-0.2, -0.15) is 9.61 Å². The molecule has 7 heteroatoms. The lowest BCUT2D eigenvalue weighted by Crippen LogP contribution is -2.35. The van der Waals surface area contributed by atoms with Crippen molar-refractivity contribution >= 4 is 23.1 Å². The Morgan fingerprint density at radius 3 is 2.58 bits per heavy atom. The van der Waals surface area contributed by atoms with Gasteiger partial charge >= 0.3 is 0 Å². The van der Waals surface area contributed by atoms with Gasteiger partial charge in [-0.1, -0.05) is 48.9 Å². The Morgan fingerprint density at radius 1 is 1.19 bits per heavy atom. The van der Waals surface area contributed by atoms with Crippen LogP contribution >= 0.6 is 11.6 Å². The van der Waals surface area contributed by atoms with Crippen molar-refractivity contribution in [3.8, 4) is 11.3 Å². The summed E-state index contributed by atoms with van der Waals surface area (Å²) in [6.07, 6.45) is -0.913. The first-order valence-corrected chi connectivity index (χ1v) is 9.07. The van der Waals surface area contributed by atoms with Crippen LogP contribution in [0.3, 0.4) is 0 Å². The van der Waals surface area contributed by atoms with Crippen LogP contribution in [-0.4, -0.2) is 43.1 Å². The smallest absolute Gasteiger partial charge is 0.159 e. The van der Waals surface area contributed by atoms with E-state index in [0.717, 1.165) is 16.8 Å². The van der Waals surface area contributed by atoms with Gasteiger partial charge in [-0.3, -0.25) is 0 Å². The minimum absolute atomic E-state index is 0.0214. The minimum Gasteiger partial charge on any atom is -0.390 e. The Kier molecular flexibility index (Phi) is 4.34. The van der Waals surface area contributed by atoms with E-state index in [0.29, 0.717) is 23.0 Å². The first-order chi connectivity index (χ1) is 12.5. The van der Waals surface area contributed by atoms with Crippen LogP contribution in [-0.2, 0) is 0 Å². The van der Waals surface area contributed by atoms with Gasteiger partial charge in [-0.25, -0.2) is 4.98 Å². The maximum atomic E-state index is 10.3. The predicted octanol–water partition coefficient (Wildman–Crippen LogP) is 2.90. The Bertz CT molecular complexity index is 944. The molecule has 4 rings (SSSR count). The highest BCUT2D eigenvalue weighted by Gasteiger charge is 2.39. The number of aromatic nitrogens is 3. The van der Waals surface area contributed by atoms with Crippen molar-refractivity contribution in [1.82, 2.24) is 14.6 Å². The summed E-state index contributed by atoms with van der Waals surface area (Å²) in [6, 6.07) is 11.5. The van der Waals surface area contributed by atoms with Crippen molar-refractivity contribution in [3.05, 3.63) is 47.1 Å². The molecule has 0 unspecified atom stereocenters. The molecule has 0 aliphatic heterocycles. The molecule has 2 heterocycles. The molecule has 3 aromatic rings. The monoisotopic (exact) mass is 372 g/mol. The van der Waals surface area contributed by atoms with E-state index in [1.807, 2.05) is 50.2 Å². The summed E-state index contributed by atoms with van der Waals surface area (Å²) in [4.78, 5) is 4.42. The molecule has 0 saturated heterocycles. The Hall–Kier alpha value is -2.15. The van der Waals surface area contributed by atoms with E-state index in [9.17, 15) is 10.2 Å². The summed E-state index contributed by atoms with van der Waals surface area (Å²) in [7, 11) is 0. The van der Waals surface area contributed by atoms with E-state index in [2.05, 4.69) is 15.4 Å². The van der Waals surface area contributed by atoms with Gasteiger partial charge in [0.05, 0.1) is 17.8 Å². The Balaban J connectivity index is 1.78. The number of aliphatic hydroxyl groups excluding tert-OH is 2. The molecule has 1 aliphatic carbocycles. The van der Waals surface area contributed by atoms with Crippen molar-refractivity contribution in [1.29, 1.82) is 0 Å². The molecule has 0 radical (unpaired) electrons. The Labute approximate surface area is 156 Å². The van der Waals surface area contributed by atoms with Crippen LogP contribution in [0.5, 0.6) is 0 Å². The summed E-state index contributed by atoms with van der Waals surface area (Å²) in [5.41, 5.74) is 3.16. The number of hydrogen-bond acceptors (Lipinski definition) is 5. The molecule has 3 N–H and O–H groups in total. The first kappa shape index (κ1) is 17.3. The normalized spacial score (nSPS) is 25.7. The van der Waals surface area contributed by atoms with Crippen molar-refractivity contribution in [2.75, 3.05) is 5.32 Å². The summed E-state index contributed by atoms with van der Waals surface area (Å²) in [5.74, 6) is 0.709. The van der Waals surface area contributed by atoms with Crippen molar-refractivity contribution in [2.24, 2.45) is 5.92 Å². The van der Waals surface area contributed by atoms with Gasteiger partial charge in [-0.15, -0.1) is 0 Å². The van der Waals surface area contributed by atoms with Gasteiger partial charge < -0.3 is 15.5 Å². The lowest BCUT2D eigenvalue weighted by Gasteiger charge is -2.21. The number of aliphatic hydroxyl groups is 2.